The lowest BCUT2D eigenvalue weighted by molar-refractivity contribution is -0.141. The van der Waals surface area contributed by atoms with Crippen molar-refractivity contribution in [3.63, 3.8) is 0 Å². The van der Waals surface area contributed by atoms with Crippen molar-refractivity contribution < 1.29 is 33.4 Å². The maximum atomic E-state index is 14.0. The van der Waals surface area contributed by atoms with E-state index in [4.69, 9.17) is 16.2 Å². The van der Waals surface area contributed by atoms with Gasteiger partial charge in [-0.05, 0) is 35.6 Å². The number of nitrogens with zero attached hydrogens (tertiary/aromatic N) is 1. The van der Waals surface area contributed by atoms with Crippen molar-refractivity contribution in [3.05, 3.63) is 108 Å². The van der Waals surface area contributed by atoms with Crippen molar-refractivity contribution in [3.8, 4) is 0 Å². The molecule has 15 heteroatoms. The first-order chi connectivity index (χ1) is 25.1. The van der Waals surface area contributed by atoms with E-state index in [0.29, 0.717) is 0 Å². The maximum Gasteiger partial charge on any atom is 0.408 e. The molecule has 0 saturated heterocycles. The van der Waals surface area contributed by atoms with Crippen molar-refractivity contribution in [1.82, 2.24) is 26.3 Å². The van der Waals surface area contributed by atoms with Gasteiger partial charge in [-0.1, -0.05) is 78.9 Å². The highest BCUT2D eigenvalue weighted by atomic mass is 16.5. The van der Waals surface area contributed by atoms with Crippen LogP contribution in [0.4, 0.5) is 4.79 Å². The fraction of sp³-hybridized carbons (Fsp3) is 0.297. The molecule has 52 heavy (non-hydrogen) atoms. The summed E-state index contributed by atoms with van der Waals surface area (Å²) >= 11 is 0. The summed E-state index contributed by atoms with van der Waals surface area (Å²) in [6.07, 6.45) is 1.43. The summed E-state index contributed by atoms with van der Waals surface area (Å²) in [5, 5.41) is 11.5. The molecule has 0 unspecified atom stereocenters. The van der Waals surface area contributed by atoms with Crippen LogP contribution in [0.1, 0.15) is 29.5 Å². The number of hydrogen-bond acceptors (Lipinski definition) is 8. The fourth-order valence-electron chi connectivity index (χ4n) is 5.37. The zero-order valence-corrected chi connectivity index (χ0v) is 28.8. The summed E-state index contributed by atoms with van der Waals surface area (Å²) in [5.74, 6) is -2.78. The SMILES string of the molecule is COC(=O)CNC(=O)[C@H](Cc1c[nH]c2ccccc12)NC(=O)[C@H](CCCN=C(N)N)NC(=O)[C@H](Cc1ccccc1)NC(=O)OCc1ccccc1. The lowest BCUT2D eigenvalue weighted by Crippen LogP contribution is -2.57. The number of nitrogens with two attached hydrogens (primary N) is 2. The van der Waals surface area contributed by atoms with E-state index in [0.717, 1.165) is 27.6 Å². The van der Waals surface area contributed by atoms with Crippen molar-refractivity contribution in [1.29, 1.82) is 0 Å². The van der Waals surface area contributed by atoms with E-state index >= 15 is 0 Å². The molecule has 0 aliphatic rings. The third-order valence-corrected chi connectivity index (χ3v) is 8.05. The first-order valence-electron chi connectivity index (χ1n) is 16.7. The number of aliphatic imine (C=N–C) groups is 1. The van der Waals surface area contributed by atoms with Gasteiger partial charge in [-0.2, -0.15) is 0 Å². The van der Waals surface area contributed by atoms with Gasteiger partial charge >= 0.3 is 12.1 Å². The predicted octanol–water partition coefficient (Wildman–Crippen LogP) is 1.56. The van der Waals surface area contributed by atoms with Gasteiger partial charge in [0.15, 0.2) is 5.96 Å². The molecule has 1 aromatic heterocycles. The van der Waals surface area contributed by atoms with Crippen LogP contribution in [-0.4, -0.2) is 79.1 Å². The number of aromatic amines is 1. The number of ether oxygens (including phenoxy) is 2. The van der Waals surface area contributed by atoms with Crippen LogP contribution in [0.15, 0.2) is 96.1 Å². The van der Waals surface area contributed by atoms with Crippen LogP contribution in [0.5, 0.6) is 0 Å². The highest BCUT2D eigenvalue weighted by Gasteiger charge is 2.31. The molecular weight excluding hydrogens is 668 g/mol. The van der Waals surface area contributed by atoms with E-state index in [1.807, 2.05) is 48.5 Å². The van der Waals surface area contributed by atoms with Crippen LogP contribution in [0.3, 0.4) is 0 Å². The first kappa shape index (κ1) is 38.4. The number of rotatable bonds is 18. The number of fused-ring (bicyclic) bond motifs is 1. The molecule has 1 heterocycles. The van der Waals surface area contributed by atoms with Crippen molar-refractivity contribution >= 4 is 46.6 Å². The Morgan fingerprint density at radius 1 is 0.750 bits per heavy atom. The Bertz CT molecular complexity index is 1830. The Hall–Kier alpha value is -6.38. The zero-order chi connectivity index (χ0) is 37.3. The van der Waals surface area contributed by atoms with Crippen molar-refractivity contribution in [2.24, 2.45) is 16.5 Å². The van der Waals surface area contributed by atoms with E-state index in [-0.39, 0.29) is 44.8 Å². The van der Waals surface area contributed by atoms with Crippen LogP contribution < -0.4 is 32.7 Å². The Morgan fingerprint density at radius 2 is 1.37 bits per heavy atom. The number of methoxy groups -OCH3 is 1. The molecule has 3 atom stereocenters. The molecule has 0 bridgehead atoms. The molecule has 4 aromatic rings. The molecule has 9 N–H and O–H groups in total. The number of benzene rings is 3. The molecule has 0 aliphatic heterocycles. The number of esters is 1. The van der Waals surface area contributed by atoms with E-state index in [2.05, 4.69) is 36.0 Å². The summed E-state index contributed by atoms with van der Waals surface area (Å²) in [7, 11) is 1.19. The smallest absolute Gasteiger partial charge is 0.408 e. The summed E-state index contributed by atoms with van der Waals surface area (Å²) in [5.41, 5.74) is 14.0. The Kier molecular flexibility index (Phi) is 14.6. The van der Waals surface area contributed by atoms with Crippen molar-refractivity contribution in [2.45, 2.75) is 50.4 Å². The van der Waals surface area contributed by atoms with Gasteiger partial charge in [0.05, 0.1) is 7.11 Å². The van der Waals surface area contributed by atoms with E-state index in [9.17, 15) is 24.0 Å². The molecular formula is C37H44N8O7. The van der Waals surface area contributed by atoms with Gasteiger partial charge in [0.25, 0.3) is 0 Å². The number of carbonyl (C=O) groups excluding carboxylic acids is 5. The normalized spacial score (nSPS) is 12.4. The summed E-state index contributed by atoms with van der Waals surface area (Å²) < 4.78 is 10.0. The molecule has 0 aliphatic carbocycles. The van der Waals surface area contributed by atoms with Gasteiger partial charge in [-0.25, -0.2) is 4.79 Å². The zero-order valence-electron chi connectivity index (χ0n) is 28.8. The molecule has 4 amide bonds. The standard InChI is InChI=1S/C37H44N8O7/c1-51-32(46)22-42-33(47)31(20-26-21-41-28-16-9-8-15-27(26)28)44-34(48)29(17-10-18-40-36(38)39)43-35(49)30(19-24-11-4-2-5-12-24)45-37(50)52-23-25-13-6-3-7-14-25/h2-9,11-16,21,29-31,41H,10,17-20,22-23H2,1H3,(H,42,47)(H,43,49)(H,44,48)(H,45,50)(H4,38,39,40)/t29-,30-,31-/m0/s1. The quantitative estimate of drug-likeness (QED) is 0.0343. The molecule has 3 aromatic carbocycles. The van der Waals surface area contributed by atoms with Crippen LogP contribution >= 0.6 is 0 Å². The van der Waals surface area contributed by atoms with E-state index < -0.39 is 54.5 Å². The maximum absolute atomic E-state index is 14.0. The third-order valence-electron chi connectivity index (χ3n) is 8.05. The summed E-state index contributed by atoms with van der Waals surface area (Å²) in [6.45, 7) is -0.266. The Balaban J connectivity index is 1.55. The second-order valence-corrected chi connectivity index (χ2v) is 11.9. The summed E-state index contributed by atoms with van der Waals surface area (Å²) in [4.78, 5) is 73.1. The minimum atomic E-state index is -1.18. The fourth-order valence-corrected chi connectivity index (χ4v) is 5.37. The van der Waals surface area contributed by atoms with Gasteiger partial charge in [0.1, 0.15) is 31.3 Å². The minimum Gasteiger partial charge on any atom is -0.468 e. The highest BCUT2D eigenvalue weighted by molar-refractivity contribution is 5.95. The molecule has 0 spiro atoms. The average molecular weight is 713 g/mol. The van der Waals surface area contributed by atoms with Crippen LogP contribution in [0.2, 0.25) is 0 Å². The third kappa shape index (κ3) is 12.2. The second-order valence-electron chi connectivity index (χ2n) is 11.9. The van der Waals surface area contributed by atoms with E-state index in [1.54, 1.807) is 42.6 Å². The highest BCUT2D eigenvalue weighted by Crippen LogP contribution is 2.19. The van der Waals surface area contributed by atoms with Gasteiger partial charge in [-0.3, -0.25) is 24.2 Å². The van der Waals surface area contributed by atoms with E-state index in [1.165, 1.54) is 7.11 Å². The lowest BCUT2D eigenvalue weighted by atomic mass is 10.0. The number of nitrogens with one attached hydrogen (secondary N) is 5. The number of amides is 4. The number of aromatic nitrogens is 1. The van der Waals surface area contributed by atoms with Crippen molar-refractivity contribution in [2.75, 3.05) is 20.2 Å². The van der Waals surface area contributed by atoms with Crippen LogP contribution in [0, 0.1) is 0 Å². The largest absolute Gasteiger partial charge is 0.468 e. The molecule has 15 nitrogen and oxygen atoms in total. The molecule has 0 radical (unpaired) electrons. The topological polar surface area (TPSA) is 232 Å². The molecule has 0 fully saturated rings. The molecule has 274 valence electrons. The number of carbonyl (C=O) groups is 5. The monoisotopic (exact) mass is 712 g/mol. The Morgan fingerprint density at radius 3 is 2.06 bits per heavy atom. The minimum absolute atomic E-state index is 0.0158. The number of hydrogen-bond donors (Lipinski definition) is 7. The molecule has 0 saturated carbocycles. The summed E-state index contributed by atoms with van der Waals surface area (Å²) in [6, 6.07) is 22.1. The second kappa shape index (κ2) is 19.7. The first-order valence-corrected chi connectivity index (χ1v) is 16.7. The Labute approximate surface area is 300 Å². The van der Waals surface area contributed by atoms with Gasteiger partial charge < -0.3 is 47.2 Å². The molecule has 4 rings (SSSR count). The van der Waals surface area contributed by atoms with Crippen LogP contribution in [0.25, 0.3) is 10.9 Å². The van der Waals surface area contributed by atoms with Gasteiger partial charge in [0, 0.05) is 36.5 Å². The average Bonchev–Trinajstić information content (AvgIpc) is 3.56. The lowest BCUT2D eigenvalue weighted by Gasteiger charge is -2.25. The number of H-pyrrole nitrogens is 1. The number of alkyl carbamates (subject to hydrolysis) is 1. The number of para-hydroxylation sites is 1. The van der Waals surface area contributed by atoms with Gasteiger partial charge in [0.2, 0.25) is 17.7 Å². The predicted molar refractivity (Wildman–Crippen MR) is 194 cm³/mol. The van der Waals surface area contributed by atoms with Gasteiger partial charge in [-0.15, -0.1) is 0 Å². The number of guanidine groups is 1. The van der Waals surface area contributed by atoms with Crippen LogP contribution in [-0.2, 0) is 48.1 Å².